The number of hydrogen-bond donors (Lipinski definition) is 2. The Morgan fingerprint density at radius 3 is 2.72 bits per heavy atom. The van der Waals surface area contributed by atoms with Gasteiger partial charge in [-0.05, 0) is 56.8 Å². The van der Waals surface area contributed by atoms with Crippen molar-refractivity contribution in [1.82, 2.24) is 19.8 Å². The number of aromatic amines is 1. The molecule has 1 atom stereocenters. The number of aromatic nitrogens is 2. The van der Waals surface area contributed by atoms with Gasteiger partial charge in [0.15, 0.2) is 0 Å². The molecule has 0 spiro atoms. The highest BCUT2D eigenvalue weighted by Crippen LogP contribution is 2.19. The van der Waals surface area contributed by atoms with Crippen molar-refractivity contribution >= 4 is 10.0 Å². The molecule has 1 aliphatic heterocycles. The Morgan fingerprint density at radius 1 is 1.28 bits per heavy atom. The van der Waals surface area contributed by atoms with Gasteiger partial charge >= 0.3 is 0 Å². The summed E-state index contributed by atoms with van der Waals surface area (Å²) in [6.07, 6.45) is 3.98. The van der Waals surface area contributed by atoms with Crippen LogP contribution in [0.25, 0.3) is 0 Å². The number of piperidine rings is 1. The monoisotopic (exact) mass is 362 g/mol. The van der Waals surface area contributed by atoms with Crippen LogP contribution in [0, 0.1) is 19.8 Å². The molecule has 2 aromatic rings. The van der Waals surface area contributed by atoms with Crippen LogP contribution in [-0.2, 0) is 16.6 Å². The lowest BCUT2D eigenvalue weighted by atomic mass is 9.98. The van der Waals surface area contributed by atoms with Gasteiger partial charge in [-0.2, -0.15) is 5.10 Å². The fourth-order valence-corrected chi connectivity index (χ4v) is 4.36. The third-order valence-corrected chi connectivity index (χ3v) is 6.25. The molecule has 0 radical (unpaired) electrons. The van der Waals surface area contributed by atoms with E-state index in [2.05, 4.69) is 26.7 Å². The number of hydrogen-bond acceptors (Lipinski definition) is 4. The van der Waals surface area contributed by atoms with Crippen molar-refractivity contribution in [1.29, 1.82) is 0 Å². The summed E-state index contributed by atoms with van der Waals surface area (Å²) in [6, 6.07) is 6.96. The minimum atomic E-state index is -3.44. The first-order valence-corrected chi connectivity index (χ1v) is 10.2. The Morgan fingerprint density at radius 2 is 2.04 bits per heavy atom. The van der Waals surface area contributed by atoms with Gasteiger partial charge in [-0.3, -0.25) is 10.00 Å². The summed E-state index contributed by atoms with van der Waals surface area (Å²) in [5.41, 5.74) is 3.36. The fourth-order valence-electron chi connectivity index (χ4n) is 3.25. The topological polar surface area (TPSA) is 78.1 Å². The predicted octanol–water partition coefficient (Wildman–Crippen LogP) is 2.22. The van der Waals surface area contributed by atoms with Crippen LogP contribution in [0.15, 0.2) is 35.4 Å². The lowest BCUT2D eigenvalue weighted by Gasteiger charge is -2.32. The standard InChI is InChI=1S/C18H26N4O2S/c1-14-5-7-17(8-6-14)25(23,24)20-11-16-4-3-9-22(12-16)13-18-15(2)10-19-21-18/h5-8,10,16,20H,3-4,9,11-13H2,1-2H3,(H,19,21). The van der Waals surface area contributed by atoms with E-state index < -0.39 is 10.0 Å². The van der Waals surface area contributed by atoms with Crippen molar-refractivity contribution in [3.05, 3.63) is 47.3 Å². The van der Waals surface area contributed by atoms with Crippen LogP contribution < -0.4 is 4.72 Å². The molecular formula is C18H26N4O2S. The number of H-pyrrole nitrogens is 1. The van der Waals surface area contributed by atoms with Gasteiger partial charge in [0, 0.05) is 19.6 Å². The average Bonchev–Trinajstić information content (AvgIpc) is 2.99. The molecule has 0 aliphatic carbocycles. The van der Waals surface area contributed by atoms with Crippen molar-refractivity contribution in [2.75, 3.05) is 19.6 Å². The molecule has 1 aromatic heterocycles. The zero-order valence-electron chi connectivity index (χ0n) is 14.8. The number of benzene rings is 1. The molecule has 0 saturated carbocycles. The summed E-state index contributed by atoms with van der Waals surface area (Å²) in [7, 11) is -3.44. The summed E-state index contributed by atoms with van der Waals surface area (Å²) >= 11 is 0. The summed E-state index contributed by atoms with van der Waals surface area (Å²) in [4.78, 5) is 2.70. The maximum Gasteiger partial charge on any atom is 0.240 e. The fraction of sp³-hybridized carbons (Fsp3) is 0.500. The molecule has 3 rings (SSSR count). The van der Waals surface area contributed by atoms with Gasteiger partial charge in [-0.15, -0.1) is 0 Å². The van der Waals surface area contributed by atoms with Crippen LogP contribution in [0.1, 0.15) is 29.7 Å². The van der Waals surface area contributed by atoms with Gasteiger partial charge in [-0.1, -0.05) is 17.7 Å². The van der Waals surface area contributed by atoms with Gasteiger partial charge in [0.2, 0.25) is 10.0 Å². The Kier molecular flexibility index (Phi) is 5.56. The van der Waals surface area contributed by atoms with Crippen LogP contribution in [0.5, 0.6) is 0 Å². The van der Waals surface area contributed by atoms with E-state index in [1.54, 1.807) is 12.1 Å². The minimum Gasteiger partial charge on any atom is -0.297 e. The third-order valence-electron chi connectivity index (χ3n) is 4.81. The van der Waals surface area contributed by atoms with E-state index in [4.69, 9.17) is 0 Å². The molecule has 2 N–H and O–H groups in total. The van der Waals surface area contributed by atoms with Gasteiger partial charge in [0.1, 0.15) is 0 Å². The molecule has 25 heavy (non-hydrogen) atoms. The molecule has 136 valence electrons. The van der Waals surface area contributed by atoms with Crippen molar-refractivity contribution in [2.45, 2.75) is 38.1 Å². The van der Waals surface area contributed by atoms with E-state index in [9.17, 15) is 8.42 Å². The predicted molar refractivity (Wildman–Crippen MR) is 97.7 cm³/mol. The number of likely N-dealkylation sites (tertiary alicyclic amines) is 1. The van der Waals surface area contributed by atoms with Gasteiger partial charge < -0.3 is 0 Å². The number of nitrogens with zero attached hydrogens (tertiary/aromatic N) is 2. The smallest absolute Gasteiger partial charge is 0.240 e. The highest BCUT2D eigenvalue weighted by Gasteiger charge is 2.23. The number of rotatable bonds is 6. The van der Waals surface area contributed by atoms with Crippen LogP contribution in [0.4, 0.5) is 0 Å². The van der Waals surface area contributed by atoms with Crippen LogP contribution >= 0.6 is 0 Å². The molecule has 2 heterocycles. The van der Waals surface area contributed by atoms with E-state index in [0.717, 1.165) is 43.7 Å². The second-order valence-electron chi connectivity index (χ2n) is 6.94. The van der Waals surface area contributed by atoms with Crippen LogP contribution in [0.2, 0.25) is 0 Å². The average molecular weight is 362 g/mol. The van der Waals surface area contributed by atoms with Gasteiger partial charge in [0.25, 0.3) is 0 Å². The first-order valence-electron chi connectivity index (χ1n) is 8.71. The van der Waals surface area contributed by atoms with Crippen molar-refractivity contribution in [2.24, 2.45) is 5.92 Å². The quantitative estimate of drug-likeness (QED) is 0.826. The Labute approximate surface area is 149 Å². The van der Waals surface area contributed by atoms with Gasteiger partial charge in [0.05, 0.1) is 16.8 Å². The van der Waals surface area contributed by atoms with Crippen LogP contribution in [0.3, 0.4) is 0 Å². The van der Waals surface area contributed by atoms with Crippen LogP contribution in [-0.4, -0.2) is 43.1 Å². The second-order valence-corrected chi connectivity index (χ2v) is 8.71. The first-order chi connectivity index (χ1) is 11.9. The summed E-state index contributed by atoms with van der Waals surface area (Å²) in [5, 5.41) is 7.12. The molecule has 7 heteroatoms. The summed E-state index contributed by atoms with van der Waals surface area (Å²) < 4.78 is 27.6. The summed E-state index contributed by atoms with van der Waals surface area (Å²) in [6.45, 7) is 7.26. The maximum atomic E-state index is 12.4. The molecule has 1 saturated heterocycles. The highest BCUT2D eigenvalue weighted by atomic mass is 32.2. The van der Waals surface area contributed by atoms with E-state index in [-0.39, 0.29) is 0 Å². The SMILES string of the molecule is Cc1ccc(S(=O)(=O)NCC2CCCN(Cc3[nH]ncc3C)C2)cc1. The lowest BCUT2D eigenvalue weighted by Crippen LogP contribution is -2.40. The Bertz CT molecular complexity index is 799. The molecule has 0 amide bonds. The van der Waals surface area contributed by atoms with E-state index in [0.29, 0.717) is 17.4 Å². The molecule has 1 aliphatic rings. The largest absolute Gasteiger partial charge is 0.297 e. The van der Waals surface area contributed by atoms with Gasteiger partial charge in [-0.25, -0.2) is 13.1 Å². The number of aryl methyl sites for hydroxylation is 2. The zero-order chi connectivity index (χ0) is 17.9. The zero-order valence-corrected chi connectivity index (χ0v) is 15.6. The van der Waals surface area contributed by atoms with Crippen molar-refractivity contribution < 1.29 is 8.42 Å². The second kappa shape index (κ2) is 7.68. The van der Waals surface area contributed by atoms with Crippen molar-refractivity contribution in [3.8, 4) is 0 Å². The molecular weight excluding hydrogens is 336 g/mol. The molecule has 1 unspecified atom stereocenters. The summed E-state index contributed by atoms with van der Waals surface area (Å²) in [5.74, 6) is 0.331. The van der Waals surface area contributed by atoms with E-state index >= 15 is 0 Å². The minimum absolute atomic E-state index is 0.331. The van der Waals surface area contributed by atoms with E-state index in [1.165, 1.54) is 5.56 Å². The van der Waals surface area contributed by atoms with E-state index in [1.807, 2.05) is 25.3 Å². The number of nitrogens with one attached hydrogen (secondary N) is 2. The Hall–Kier alpha value is -1.70. The molecule has 1 aromatic carbocycles. The molecule has 0 bridgehead atoms. The Balaban J connectivity index is 1.55. The molecule has 1 fully saturated rings. The highest BCUT2D eigenvalue weighted by molar-refractivity contribution is 7.89. The normalized spacial score (nSPS) is 19.2. The third kappa shape index (κ3) is 4.68. The van der Waals surface area contributed by atoms with Crippen molar-refractivity contribution in [3.63, 3.8) is 0 Å². The molecule has 6 nitrogen and oxygen atoms in total. The first kappa shape index (κ1) is 18.1. The lowest BCUT2D eigenvalue weighted by molar-refractivity contribution is 0.167. The number of sulfonamides is 1. The maximum absolute atomic E-state index is 12.4.